The van der Waals surface area contributed by atoms with Crippen LogP contribution in [0.4, 0.5) is 10.5 Å². The average molecular weight is 298 g/mol. The number of carbonyl (C=O) groups is 1. The molecule has 0 spiro atoms. The van der Waals surface area contributed by atoms with Gasteiger partial charge in [0.25, 0.3) is 0 Å². The molecule has 1 atom stereocenters. The van der Waals surface area contributed by atoms with E-state index in [0.29, 0.717) is 16.5 Å². The molecule has 1 heterocycles. The fraction of sp³-hybridized carbons (Fsp3) is 0.500. The third-order valence-corrected chi connectivity index (χ3v) is 3.66. The van der Waals surface area contributed by atoms with Gasteiger partial charge in [0.1, 0.15) is 5.75 Å². The Morgan fingerprint density at radius 2 is 2.30 bits per heavy atom. The number of methoxy groups -OCH3 is 1. The van der Waals surface area contributed by atoms with Crippen LogP contribution in [-0.2, 0) is 0 Å². The minimum atomic E-state index is -0.202. The van der Waals surface area contributed by atoms with Gasteiger partial charge in [0.15, 0.2) is 0 Å². The third-order valence-electron chi connectivity index (χ3n) is 3.37. The highest BCUT2D eigenvalue weighted by Gasteiger charge is 2.18. The Balaban J connectivity index is 1.89. The van der Waals surface area contributed by atoms with Crippen LogP contribution in [0.3, 0.4) is 0 Å². The number of hydrogen-bond donors (Lipinski definition) is 2. The number of carbonyl (C=O) groups excluding carboxylic acids is 1. The van der Waals surface area contributed by atoms with Crippen LogP contribution >= 0.6 is 11.6 Å². The van der Waals surface area contributed by atoms with E-state index < -0.39 is 0 Å². The van der Waals surface area contributed by atoms with Gasteiger partial charge in [0.2, 0.25) is 0 Å². The number of nitrogens with zero attached hydrogens (tertiary/aromatic N) is 1. The molecule has 2 N–H and O–H groups in total. The largest absolute Gasteiger partial charge is 0.495 e. The molecule has 0 aliphatic carbocycles. The van der Waals surface area contributed by atoms with E-state index in [0.717, 1.165) is 25.9 Å². The van der Waals surface area contributed by atoms with Gasteiger partial charge in [-0.3, -0.25) is 0 Å². The second kappa shape index (κ2) is 6.81. The molecule has 1 aromatic carbocycles. The first-order chi connectivity index (χ1) is 9.58. The minimum Gasteiger partial charge on any atom is -0.495 e. The van der Waals surface area contributed by atoms with Gasteiger partial charge in [-0.2, -0.15) is 0 Å². The fourth-order valence-electron chi connectivity index (χ4n) is 2.38. The van der Waals surface area contributed by atoms with Crippen LogP contribution in [0.1, 0.15) is 12.8 Å². The van der Waals surface area contributed by atoms with Gasteiger partial charge in [-0.15, -0.1) is 0 Å². The topological polar surface area (TPSA) is 53.6 Å². The molecule has 0 unspecified atom stereocenters. The summed E-state index contributed by atoms with van der Waals surface area (Å²) in [7, 11) is 3.62. The molecule has 110 valence electrons. The Morgan fingerprint density at radius 1 is 1.50 bits per heavy atom. The molecular weight excluding hydrogens is 278 g/mol. The fourth-order valence-corrected chi connectivity index (χ4v) is 2.64. The number of likely N-dealkylation sites (tertiary alicyclic amines) is 1. The number of ether oxygens (including phenoxy) is 1. The van der Waals surface area contributed by atoms with Crippen LogP contribution in [0.5, 0.6) is 5.75 Å². The maximum absolute atomic E-state index is 11.9. The SMILES string of the molecule is COc1ccc(NC(=O)N[C@@H]2CCCN(C)C2)cc1Cl. The van der Waals surface area contributed by atoms with Crippen LogP contribution < -0.4 is 15.4 Å². The molecular formula is C14H20ClN3O2. The minimum absolute atomic E-state index is 0.197. The Hall–Kier alpha value is -1.46. The van der Waals surface area contributed by atoms with Crippen LogP contribution in [0, 0.1) is 0 Å². The maximum atomic E-state index is 11.9. The van der Waals surface area contributed by atoms with Crippen molar-refractivity contribution >= 4 is 23.3 Å². The molecule has 0 saturated carbocycles. The molecule has 0 radical (unpaired) electrons. The maximum Gasteiger partial charge on any atom is 0.319 e. The van der Waals surface area contributed by atoms with Crippen molar-refractivity contribution in [3.8, 4) is 5.75 Å². The number of amides is 2. The molecule has 20 heavy (non-hydrogen) atoms. The highest BCUT2D eigenvalue weighted by atomic mass is 35.5. The van der Waals surface area contributed by atoms with E-state index in [1.807, 2.05) is 0 Å². The number of hydrogen-bond acceptors (Lipinski definition) is 3. The summed E-state index contributed by atoms with van der Waals surface area (Å²) in [5.74, 6) is 0.589. The van der Waals surface area contributed by atoms with Crippen molar-refractivity contribution < 1.29 is 9.53 Å². The smallest absolute Gasteiger partial charge is 0.319 e. The lowest BCUT2D eigenvalue weighted by atomic mass is 10.1. The number of piperidine rings is 1. The molecule has 1 aliphatic rings. The molecule has 6 heteroatoms. The first-order valence-electron chi connectivity index (χ1n) is 6.68. The molecule has 5 nitrogen and oxygen atoms in total. The van der Waals surface area contributed by atoms with Crippen LogP contribution in [0.2, 0.25) is 5.02 Å². The van der Waals surface area contributed by atoms with E-state index in [-0.39, 0.29) is 12.1 Å². The van der Waals surface area contributed by atoms with E-state index in [2.05, 4.69) is 22.6 Å². The van der Waals surface area contributed by atoms with Crippen molar-refractivity contribution in [3.05, 3.63) is 23.2 Å². The summed E-state index contributed by atoms with van der Waals surface area (Å²) < 4.78 is 5.07. The van der Waals surface area contributed by atoms with Crippen LogP contribution in [0.15, 0.2) is 18.2 Å². The van der Waals surface area contributed by atoms with Crippen molar-refractivity contribution in [1.29, 1.82) is 0 Å². The van der Waals surface area contributed by atoms with Gasteiger partial charge in [-0.05, 0) is 44.6 Å². The number of urea groups is 1. The zero-order valence-corrected chi connectivity index (χ0v) is 12.5. The van der Waals surface area contributed by atoms with Gasteiger partial charge in [-0.1, -0.05) is 11.6 Å². The lowest BCUT2D eigenvalue weighted by Crippen LogP contribution is -2.47. The lowest BCUT2D eigenvalue weighted by molar-refractivity contribution is 0.216. The second-order valence-corrected chi connectivity index (χ2v) is 5.46. The Labute approximate surface area is 124 Å². The zero-order valence-electron chi connectivity index (χ0n) is 11.8. The number of anilines is 1. The first-order valence-corrected chi connectivity index (χ1v) is 7.06. The van der Waals surface area contributed by atoms with E-state index >= 15 is 0 Å². The van der Waals surface area contributed by atoms with Crippen molar-refractivity contribution in [2.45, 2.75) is 18.9 Å². The summed E-state index contributed by atoms with van der Waals surface area (Å²) >= 11 is 6.02. The van der Waals surface area contributed by atoms with Crippen molar-refractivity contribution in [1.82, 2.24) is 10.2 Å². The van der Waals surface area contributed by atoms with Gasteiger partial charge < -0.3 is 20.3 Å². The molecule has 2 amide bonds. The Bertz CT molecular complexity index is 481. The summed E-state index contributed by atoms with van der Waals surface area (Å²) in [4.78, 5) is 14.2. The third kappa shape index (κ3) is 4.02. The van der Waals surface area contributed by atoms with E-state index in [1.165, 1.54) is 0 Å². The Morgan fingerprint density at radius 3 is 2.95 bits per heavy atom. The number of benzene rings is 1. The molecule has 0 aromatic heterocycles. The molecule has 1 saturated heterocycles. The monoisotopic (exact) mass is 297 g/mol. The summed E-state index contributed by atoms with van der Waals surface area (Å²) in [6, 6.07) is 5.16. The summed E-state index contributed by atoms with van der Waals surface area (Å²) in [6.45, 7) is 1.98. The number of likely N-dealkylation sites (N-methyl/N-ethyl adjacent to an activating group) is 1. The molecule has 0 bridgehead atoms. The Kier molecular flexibility index (Phi) is 5.09. The number of nitrogens with one attached hydrogen (secondary N) is 2. The highest BCUT2D eigenvalue weighted by molar-refractivity contribution is 6.32. The van der Waals surface area contributed by atoms with E-state index in [9.17, 15) is 4.79 Å². The molecule has 1 fully saturated rings. The molecule has 2 rings (SSSR count). The average Bonchev–Trinajstić information content (AvgIpc) is 2.38. The van der Waals surface area contributed by atoms with E-state index in [4.69, 9.17) is 16.3 Å². The summed E-state index contributed by atoms with van der Waals surface area (Å²) in [5.41, 5.74) is 0.650. The van der Waals surface area contributed by atoms with Crippen molar-refractivity contribution in [2.75, 3.05) is 32.6 Å². The number of halogens is 1. The zero-order chi connectivity index (χ0) is 14.5. The number of rotatable bonds is 3. The molecule has 1 aromatic rings. The van der Waals surface area contributed by atoms with Gasteiger partial charge in [0.05, 0.1) is 12.1 Å². The molecule has 1 aliphatic heterocycles. The second-order valence-electron chi connectivity index (χ2n) is 5.05. The predicted octanol–water partition coefficient (Wildman–Crippen LogP) is 2.56. The first kappa shape index (κ1) is 14.9. The van der Waals surface area contributed by atoms with Crippen molar-refractivity contribution in [3.63, 3.8) is 0 Å². The van der Waals surface area contributed by atoms with Gasteiger partial charge in [-0.25, -0.2) is 4.79 Å². The quantitative estimate of drug-likeness (QED) is 0.901. The van der Waals surface area contributed by atoms with Crippen molar-refractivity contribution in [2.24, 2.45) is 0 Å². The predicted molar refractivity (Wildman–Crippen MR) is 80.7 cm³/mol. The summed E-state index contributed by atoms with van der Waals surface area (Å²) in [5, 5.41) is 6.24. The van der Waals surface area contributed by atoms with Gasteiger partial charge in [0, 0.05) is 18.3 Å². The van der Waals surface area contributed by atoms with Crippen LogP contribution in [-0.4, -0.2) is 44.2 Å². The van der Waals surface area contributed by atoms with E-state index in [1.54, 1.807) is 25.3 Å². The lowest BCUT2D eigenvalue weighted by Gasteiger charge is -2.30. The standard InChI is InChI=1S/C14H20ClN3O2/c1-18-7-3-4-11(9-18)17-14(19)16-10-5-6-13(20-2)12(15)8-10/h5-6,8,11H,3-4,7,9H2,1-2H3,(H2,16,17,19)/t11-/m1/s1. The van der Waals surface area contributed by atoms with Gasteiger partial charge >= 0.3 is 6.03 Å². The van der Waals surface area contributed by atoms with Crippen LogP contribution in [0.25, 0.3) is 0 Å². The highest BCUT2D eigenvalue weighted by Crippen LogP contribution is 2.27. The normalized spacial score (nSPS) is 19.4. The summed E-state index contributed by atoms with van der Waals surface area (Å²) in [6.07, 6.45) is 2.12.